The third-order valence-electron chi connectivity index (χ3n) is 7.89. The molecule has 3 aromatic carbocycles. The van der Waals surface area contributed by atoms with Gasteiger partial charge in [-0.15, -0.1) is 0 Å². The summed E-state index contributed by atoms with van der Waals surface area (Å²) in [6.45, 7) is 10.2. The standard InChI is InChI=1S/C33H36FN3O/c1-32(2)18-5-19-33(3,4)37(32)22-29-15-12-26-21-28(16-17-30(26)35-29)36-31(38)20-23-6-8-24(9-7-23)25-10-13-27(34)14-11-25/h6-17,21H,5,18-20,22H2,1-4H3,(H,36,38). The lowest BCUT2D eigenvalue weighted by molar-refractivity contribution is -0.115. The number of carbonyl (C=O) groups excluding carboxylic acids is 1. The summed E-state index contributed by atoms with van der Waals surface area (Å²) in [5.41, 5.74) is 5.91. The van der Waals surface area contributed by atoms with Crippen LogP contribution in [-0.2, 0) is 17.8 Å². The van der Waals surface area contributed by atoms with Crippen molar-refractivity contribution in [2.75, 3.05) is 5.32 Å². The van der Waals surface area contributed by atoms with E-state index in [1.807, 2.05) is 42.5 Å². The molecule has 1 N–H and O–H groups in total. The van der Waals surface area contributed by atoms with Gasteiger partial charge in [-0.1, -0.05) is 42.5 Å². The quantitative estimate of drug-likeness (QED) is 0.289. The maximum atomic E-state index is 13.2. The van der Waals surface area contributed by atoms with Gasteiger partial charge in [-0.25, -0.2) is 4.39 Å². The second-order valence-corrected chi connectivity index (χ2v) is 11.7. The summed E-state index contributed by atoms with van der Waals surface area (Å²) in [4.78, 5) is 20.3. The molecule has 1 amide bonds. The zero-order valence-corrected chi connectivity index (χ0v) is 22.7. The minimum Gasteiger partial charge on any atom is -0.326 e. The number of halogens is 1. The van der Waals surface area contributed by atoms with Gasteiger partial charge in [0.1, 0.15) is 5.82 Å². The maximum absolute atomic E-state index is 13.2. The van der Waals surface area contributed by atoms with Gasteiger partial charge in [0.15, 0.2) is 0 Å². The molecule has 0 atom stereocenters. The fraction of sp³-hybridized carbons (Fsp3) is 0.333. The van der Waals surface area contributed by atoms with E-state index in [0.717, 1.165) is 45.5 Å². The van der Waals surface area contributed by atoms with E-state index in [1.165, 1.54) is 31.4 Å². The van der Waals surface area contributed by atoms with Crippen LogP contribution in [0.3, 0.4) is 0 Å². The molecule has 0 unspecified atom stereocenters. The highest BCUT2D eigenvalue weighted by Gasteiger charge is 2.41. The summed E-state index contributed by atoms with van der Waals surface area (Å²) in [6, 6.07) is 24.3. The van der Waals surface area contributed by atoms with E-state index in [2.05, 4.69) is 50.0 Å². The molecule has 0 saturated carbocycles. The second-order valence-electron chi connectivity index (χ2n) is 11.7. The van der Waals surface area contributed by atoms with Crippen molar-refractivity contribution < 1.29 is 9.18 Å². The first-order chi connectivity index (χ1) is 18.1. The number of aromatic nitrogens is 1. The number of likely N-dealkylation sites (tertiary alicyclic amines) is 1. The van der Waals surface area contributed by atoms with Crippen molar-refractivity contribution in [3.05, 3.63) is 95.9 Å². The Morgan fingerprint density at radius 1 is 0.868 bits per heavy atom. The van der Waals surface area contributed by atoms with Gasteiger partial charge < -0.3 is 5.32 Å². The molecule has 1 fully saturated rings. The Balaban J connectivity index is 1.24. The van der Waals surface area contributed by atoms with Gasteiger partial charge in [-0.2, -0.15) is 0 Å². The maximum Gasteiger partial charge on any atom is 0.228 e. The van der Waals surface area contributed by atoms with Crippen LogP contribution in [0.25, 0.3) is 22.0 Å². The number of rotatable bonds is 6. The summed E-state index contributed by atoms with van der Waals surface area (Å²) < 4.78 is 13.2. The first-order valence-electron chi connectivity index (χ1n) is 13.4. The van der Waals surface area contributed by atoms with Crippen molar-refractivity contribution in [3.8, 4) is 11.1 Å². The van der Waals surface area contributed by atoms with Crippen molar-refractivity contribution >= 4 is 22.5 Å². The number of hydrogen-bond acceptors (Lipinski definition) is 3. The van der Waals surface area contributed by atoms with Gasteiger partial charge in [-0.05, 0) is 100 Å². The molecule has 1 aliphatic rings. The van der Waals surface area contributed by atoms with Gasteiger partial charge in [-0.3, -0.25) is 14.7 Å². The topological polar surface area (TPSA) is 45.2 Å². The number of pyridine rings is 1. The number of fused-ring (bicyclic) bond motifs is 1. The molecule has 5 rings (SSSR count). The number of nitrogens with zero attached hydrogens (tertiary/aromatic N) is 2. The zero-order chi connectivity index (χ0) is 26.9. The third kappa shape index (κ3) is 5.78. The Hall–Kier alpha value is -3.57. The van der Waals surface area contributed by atoms with Crippen LogP contribution in [0.5, 0.6) is 0 Å². The van der Waals surface area contributed by atoms with Crippen molar-refractivity contribution in [3.63, 3.8) is 0 Å². The Kier molecular flexibility index (Phi) is 7.06. The average Bonchev–Trinajstić information content (AvgIpc) is 2.87. The molecule has 1 aromatic heterocycles. The van der Waals surface area contributed by atoms with Crippen LogP contribution in [0.15, 0.2) is 78.9 Å². The Bertz CT molecular complexity index is 1430. The molecule has 1 aliphatic heterocycles. The molecule has 0 bridgehead atoms. The van der Waals surface area contributed by atoms with E-state index in [0.29, 0.717) is 0 Å². The van der Waals surface area contributed by atoms with Crippen molar-refractivity contribution in [2.24, 2.45) is 0 Å². The van der Waals surface area contributed by atoms with Gasteiger partial charge in [0.2, 0.25) is 5.91 Å². The molecule has 0 spiro atoms. The van der Waals surface area contributed by atoms with Crippen LogP contribution in [0.1, 0.15) is 58.2 Å². The highest BCUT2D eigenvalue weighted by atomic mass is 19.1. The van der Waals surface area contributed by atoms with E-state index >= 15 is 0 Å². The summed E-state index contributed by atoms with van der Waals surface area (Å²) in [7, 11) is 0. The van der Waals surface area contributed by atoms with Crippen molar-refractivity contribution in [1.82, 2.24) is 9.88 Å². The monoisotopic (exact) mass is 509 g/mol. The van der Waals surface area contributed by atoms with Crippen LogP contribution >= 0.6 is 0 Å². The fourth-order valence-electron chi connectivity index (χ4n) is 5.81. The van der Waals surface area contributed by atoms with E-state index < -0.39 is 0 Å². The van der Waals surface area contributed by atoms with E-state index in [9.17, 15) is 9.18 Å². The lowest BCUT2D eigenvalue weighted by atomic mass is 9.79. The van der Waals surface area contributed by atoms with Gasteiger partial charge in [0, 0.05) is 28.7 Å². The smallest absolute Gasteiger partial charge is 0.228 e. The molecule has 0 radical (unpaired) electrons. The number of hydrogen-bond donors (Lipinski definition) is 1. The fourth-order valence-corrected chi connectivity index (χ4v) is 5.81. The summed E-state index contributed by atoms with van der Waals surface area (Å²) in [5, 5.41) is 4.03. The van der Waals surface area contributed by atoms with Crippen LogP contribution in [0, 0.1) is 5.82 Å². The Labute approximate surface area is 224 Å². The predicted molar refractivity (Wildman–Crippen MR) is 153 cm³/mol. The van der Waals surface area contributed by atoms with E-state index in [4.69, 9.17) is 4.98 Å². The van der Waals surface area contributed by atoms with Crippen LogP contribution in [0.2, 0.25) is 0 Å². The molecule has 0 aliphatic carbocycles. The molecule has 1 saturated heterocycles. The number of amides is 1. The minimum atomic E-state index is -0.252. The third-order valence-corrected chi connectivity index (χ3v) is 7.89. The van der Waals surface area contributed by atoms with Crippen LogP contribution in [0.4, 0.5) is 10.1 Å². The van der Waals surface area contributed by atoms with E-state index in [1.54, 1.807) is 12.1 Å². The second kappa shape index (κ2) is 10.3. The van der Waals surface area contributed by atoms with E-state index in [-0.39, 0.29) is 29.2 Å². The molecule has 38 heavy (non-hydrogen) atoms. The lowest BCUT2D eigenvalue weighted by Crippen LogP contribution is -2.57. The summed E-state index contributed by atoms with van der Waals surface area (Å²) >= 11 is 0. The SMILES string of the molecule is CC1(C)CCCC(C)(C)N1Cc1ccc2cc(NC(=O)Cc3ccc(-c4ccc(F)cc4)cc3)ccc2n1. The largest absolute Gasteiger partial charge is 0.326 e. The normalized spacial score (nSPS) is 16.9. The number of nitrogens with one attached hydrogen (secondary N) is 1. The average molecular weight is 510 g/mol. The number of carbonyl (C=O) groups is 1. The predicted octanol–water partition coefficient (Wildman–Crippen LogP) is 7.77. The van der Waals surface area contributed by atoms with Gasteiger partial charge >= 0.3 is 0 Å². The van der Waals surface area contributed by atoms with Crippen molar-refractivity contribution in [2.45, 2.75) is 71.0 Å². The lowest BCUT2D eigenvalue weighted by Gasteiger charge is -2.52. The highest BCUT2D eigenvalue weighted by Crippen LogP contribution is 2.39. The molecular weight excluding hydrogens is 473 g/mol. The zero-order valence-electron chi connectivity index (χ0n) is 22.7. The van der Waals surface area contributed by atoms with Gasteiger partial charge in [0.25, 0.3) is 0 Å². The summed E-state index contributed by atoms with van der Waals surface area (Å²) in [6.07, 6.45) is 3.94. The molecule has 4 aromatic rings. The molecular formula is C33H36FN3O. The number of piperidine rings is 1. The van der Waals surface area contributed by atoms with Gasteiger partial charge in [0.05, 0.1) is 17.6 Å². The first kappa shape index (κ1) is 26.1. The van der Waals surface area contributed by atoms with Crippen LogP contribution in [-0.4, -0.2) is 26.9 Å². The van der Waals surface area contributed by atoms with Crippen molar-refractivity contribution in [1.29, 1.82) is 0 Å². The Morgan fingerprint density at radius 2 is 1.50 bits per heavy atom. The summed E-state index contributed by atoms with van der Waals surface area (Å²) in [5.74, 6) is -0.324. The highest BCUT2D eigenvalue weighted by molar-refractivity contribution is 5.94. The number of anilines is 1. The molecule has 5 heteroatoms. The molecule has 2 heterocycles. The number of benzene rings is 3. The minimum absolute atomic E-state index is 0.0713. The Morgan fingerprint density at radius 3 is 2.16 bits per heavy atom. The first-order valence-corrected chi connectivity index (χ1v) is 13.4. The molecule has 4 nitrogen and oxygen atoms in total. The van der Waals surface area contributed by atoms with Crippen LogP contribution < -0.4 is 5.32 Å². The molecule has 196 valence electrons.